The van der Waals surface area contributed by atoms with Crippen LogP contribution in [0.1, 0.15) is 17.7 Å². The number of aryl methyl sites for hydroxylation is 1. The number of aliphatic hydroxyl groups is 1. The molecule has 7 heteroatoms. The molecule has 0 radical (unpaired) electrons. The summed E-state index contributed by atoms with van der Waals surface area (Å²) in [7, 11) is 0. The number of hydrogen-bond donors (Lipinski definition) is 2. The van der Waals surface area contributed by atoms with Gasteiger partial charge in [-0.25, -0.2) is 9.37 Å². The predicted octanol–water partition coefficient (Wildman–Crippen LogP) is 2.69. The van der Waals surface area contributed by atoms with Crippen LogP contribution < -0.4 is 10.9 Å². The number of hydrogen-bond acceptors (Lipinski definition) is 5. The number of rotatable bonds is 3. The minimum absolute atomic E-state index is 0.169. The van der Waals surface area contributed by atoms with E-state index in [1.165, 1.54) is 34.4 Å². The molecule has 0 saturated carbocycles. The summed E-state index contributed by atoms with van der Waals surface area (Å²) in [6.45, 7) is 3.49. The lowest BCUT2D eigenvalue weighted by Crippen LogP contribution is -2.49. The average Bonchev–Trinajstić information content (AvgIpc) is 2.96. The number of thiophene rings is 1. The fourth-order valence-corrected chi connectivity index (χ4v) is 4.62. The van der Waals surface area contributed by atoms with E-state index >= 15 is 0 Å². The third-order valence-electron chi connectivity index (χ3n) is 4.90. The van der Waals surface area contributed by atoms with Gasteiger partial charge in [-0.2, -0.15) is 0 Å². The van der Waals surface area contributed by atoms with Crippen LogP contribution in [0.5, 0.6) is 0 Å². The summed E-state index contributed by atoms with van der Waals surface area (Å²) < 4.78 is 14.8. The summed E-state index contributed by atoms with van der Waals surface area (Å²) in [5, 5.41) is 14.5. The Morgan fingerprint density at radius 3 is 2.85 bits per heavy atom. The van der Waals surface area contributed by atoms with Crippen LogP contribution >= 0.6 is 11.3 Å². The molecule has 1 aromatic carbocycles. The molecule has 5 nitrogen and oxygen atoms in total. The Labute approximate surface area is 154 Å². The number of piperidine rings is 1. The molecule has 3 heterocycles. The number of nitrogens with one attached hydrogen (secondary N) is 1. The molecular formula is C19H20FN3O2S. The van der Waals surface area contributed by atoms with Gasteiger partial charge in [0.15, 0.2) is 0 Å². The van der Waals surface area contributed by atoms with E-state index in [4.69, 9.17) is 0 Å². The lowest BCUT2D eigenvalue weighted by Gasteiger charge is -2.32. The van der Waals surface area contributed by atoms with Crippen molar-refractivity contribution >= 4 is 21.6 Å². The highest BCUT2D eigenvalue weighted by Gasteiger charge is 2.30. The van der Waals surface area contributed by atoms with Crippen molar-refractivity contribution in [2.75, 3.05) is 13.1 Å². The summed E-state index contributed by atoms with van der Waals surface area (Å²) in [5.41, 5.74) is 0.478. The van der Waals surface area contributed by atoms with E-state index < -0.39 is 5.60 Å². The number of β-amino-alcohol motifs (C(OH)–C–C–N with tert-alkyl or cyclic N) is 1. The smallest absolute Gasteiger partial charge is 0.262 e. The van der Waals surface area contributed by atoms with Crippen LogP contribution in [0.15, 0.2) is 35.4 Å². The number of nitrogens with zero attached hydrogens (tertiary/aromatic N) is 2. The van der Waals surface area contributed by atoms with Crippen molar-refractivity contribution in [3.8, 4) is 11.1 Å². The van der Waals surface area contributed by atoms with Crippen molar-refractivity contribution < 1.29 is 9.50 Å². The predicted molar refractivity (Wildman–Crippen MR) is 101 cm³/mol. The Kier molecular flexibility index (Phi) is 4.38. The topological polar surface area (TPSA) is 67.2 Å². The molecule has 1 fully saturated rings. The number of halogens is 1. The first-order valence-corrected chi connectivity index (χ1v) is 9.46. The van der Waals surface area contributed by atoms with Crippen LogP contribution in [0.3, 0.4) is 0 Å². The maximum absolute atomic E-state index is 13.3. The van der Waals surface area contributed by atoms with Crippen LogP contribution in [0.2, 0.25) is 0 Å². The molecule has 26 heavy (non-hydrogen) atoms. The van der Waals surface area contributed by atoms with Crippen molar-refractivity contribution in [3.63, 3.8) is 0 Å². The van der Waals surface area contributed by atoms with Gasteiger partial charge in [0.2, 0.25) is 0 Å². The standard InChI is InChI=1S/C19H20FN3O2S/c1-12-15(13-3-5-14(20)6-4-13)16-17(26-12)22-11-23(18(16)24)10-19(25)7-2-8-21-9-19/h3-6,11,21,25H,2,7-10H2,1H3/t19-/m1/s1. The zero-order valence-electron chi connectivity index (χ0n) is 14.5. The van der Waals surface area contributed by atoms with Crippen molar-refractivity contribution in [2.24, 2.45) is 0 Å². The number of fused-ring (bicyclic) bond motifs is 1. The van der Waals surface area contributed by atoms with Crippen molar-refractivity contribution in [1.29, 1.82) is 0 Å². The number of benzene rings is 1. The molecule has 0 bridgehead atoms. The third kappa shape index (κ3) is 3.06. The molecule has 1 saturated heterocycles. The number of aromatic nitrogens is 2. The van der Waals surface area contributed by atoms with Gasteiger partial charge in [0.25, 0.3) is 5.56 Å². The van der Waals surface area contributed by atoms with Crippen LogP contribution in [0, 0.1) is 12.7 Å². The van der Waals surface area contributed by atoms with Gasteiger partial charge < -0.3 is 10.4 Å². The minimum Gasteiger partial charge on any atom is -0.387 e. The third-order valence-corrected chi connectivity index (χ3v) is 5.92. The van der Waals surface area contributed by atoms with Gasteiger partial charge in [-0.05, 0) is 44.0 Å². The molecule has 0 aliphatic carbocycles. The van der Waals surface area contributed by atoms with E-state index in [9.17, 15) is 14.3 Å². The Balaban J connectivity index is 1.83. The summed E-state index contributed by atoms with van der Waals surface area (Å²) in [5.74, 6) is -0.312. The molecule has 136 valence electrons. The highest BCUT2D eigenvalue weighted by Crippen LogP contribution is 2.35. The first-order chi connectivity index (χ1) is 12.5. The van der Waals surface area contributed by atoms with E-state index in [0.717, 1.165) is 29.0 Å². The summed E-state index contributed by atoms with van der Waals surface area (Å²) >= 11 is 1.45. The molecule has 3 aromatic rings. The molecule has 2 N–H and O–H groups in total. The monoisotopic (exact) mass is 373 g/mol. The first kappa shape index (κ1) is 17.3. The second-order valence-electron chi connectivity index (χ2n) is 6.90. The second-order valence-corrected chi connectivity index (χ2v) is 8.11. The minimum atomic E-state index is -0.946. The Bertz CT molecular complexity index is 1000. The van der Waals surface area contributed by atoms with Crippen LogP contribution in [-0.2, 0) is 6.54 Å². The van der Waals surface area contributed by atoms with E-state index in [1.807, 2.05) is 6.92 Å². The van der Waals surface area contributed by atoms with Crippen LogP contribution in [0.4, 0.5) is 4.39 Å². The van der Waals surface area contributed by atoms with Gasteiger partial charge in [0.05, 0.1) is 23.9 Å². The summed E-state index contributed by atoms with van der Waals surface area (Å²) in [6, 6.07) is 6.14. The highest BCUT2D eigenvalue weighted by molar-refractivity contribution is 7.19. The molecule has 2 aromatic heterocycles. The van der Waals surface area contributed by atoms with E-state index in [0.29, 0.717) is 23.2 Å². The fraction of sp³-hybridized carbons (Fsp3) is 0.368. The van der Waals surface area contributed by atoms with Crippen LogP contribution in [0.25, 0.3) is 21.3 Å². The summed E-state index contributed by atoms with van der Waals surface area (Å²) in [4.78, 5) is 19.2. The molecule has 1 aliphatic rings. The molecule has 4 rings (SSSR count). The Hall–Kier alpha value is -2.09. The van der Waals surface area contributed by atoms with E-state index in [1.54, 1.807) is 12.1 Å². The maximum atomic E-state index is 13.3. The molecule has 1 aliphatic heterocycles. The van der Waals surface area contributed by atoms with Crippen molar-refractivity contribution in [3.05, 3.63) is 51.6 Å². The lowest BCUT2D eigenvalue weighted by molar-refractivity contribution is -0.000241. The van der Waals surface area contributed by atoms with Crippen molar-refractivity contribution in [2.45, 2.75) is 31.9 Å². The Morgan fingerprint density at radius 2 is 2.15 bits per heavy atom. The van der Waals surface area contributed by atoms with Crippen LogP contribution in [-0.4, -0.2) is 33.3 Å². The zero-order chi connectivity index (χ0) is 18.3. The van der Waals surface area contributed by atoms with E-state index in [-0.39, 0.29) is 17.9 Å². The average molecular weight is 373 g/mol. The zero-order valence-corrected chi connectivity index (χ0v) is 15.3. The fourth-order valence-electron chi connectivity index (χ4n) is 3.62. The quantitative estimate of drug-likeness (QED) is 0.741. The first-order valence-electron chi connectivity index (χ1n) is 8.64. The van der Waals surface area contributed by atoms with Gasteiger partial charge in [-0.15, -0.1) is 11.3 Å². The molecule has 1 atom stereocenters. The van der Waals surface area contributed by atoms with E-state index in [2.05, 4.69) is 10.3 Å². The summed E-state index contributed by atoms with van der Waals surface area (Å²) in [6.07, 6.45) is 3.04. The SMILES string of the molecule is Cc1sc2ncn(C[C@@]3(O)CCCNC3)c(=O)c2c1-c1ccc(F)cc1. The normalized spacial score (nSPS) is 20.6. The van der Waals surface area contributed by atoms with Gasteiger partial charge >= 0.3 is 0 Å². The highest BCUT2D eigenvalue weighted by atomic mass is 32.1. The largest absolute Gasteiger partial charge is 0.387 e. The molecular weight excluding hydrogens is 353 g/mol. The Morgan fingerprint density at radius 1 is 1.38 bits per heavy atom. The van der Waals surface area contributed by atoms with Gasteiger partial charge in [-0.1, -0.05) is 12.1 Å². The second kappa shape index (κ2) is 6.57. The molecule has 0 unspecified atom stereocenters. The molecule has 0 amide bonds. The lowest BCUT2D eigenvalue weighted by atomic mass is 9.94. The van der Waals surface area contributed by atoms with Crippen molar-refractivity contribution in [1.82, 2.24) is 14.9 Å². The molecule has 0 spiro atoms. The maximum Gasteiger partial charge on any atom is 0.262 e. The van der Waals surface area contributed by atoms with Gasteiger partial charge in [0, 0.05) is 17.0 Å². The van der Waals surface area contributed by atoms with Gasteiger partial charge in [0.1, 0.15) is 10.6 Å². The van der Waals surface area contributed by atoms with Gasteiger partial charge in [-0.3, -0.25) is 9.36 Å².